The van der Waals surface area contributed by atoms with Crippen molar-refractivity contribution in [1.82, 2.24) is 10.2 Å². The van der Waals surface area contributed by atoms with Gasteiger partial charge in [0.05, 0.1) is 11.3 Å². The first kappa shape index (κ1) is 31.3. The molecule has 0 spiro atoms. The van der Waals surface area contributed by atoms with Gasteiger partial charge in [-0.15, -0.1) is 0 Å². The van der Waals surface area contributed by atoms with E-state index < -0.39 is 23.8 Å². The fourth-order valence-electron chi connectivity index (χ4n) is 3.87. The molecule has 0 unspecified atom stereocenters. The molecule has 0 fully saturated rings. The lowest BCUT2D eigenvalue weighted by molar-refractivity contribution is -0.123. The van der Waals surface area contributed by atoms with Crippen molar-refractivity contribution in [2.75, 3.05) is 24.4 Å². The van der Waals surface area contributed by atoms with E-state index in [1.807, 2.05) is 0 Å². The summed E-state index contributed by atoms with van der Waals surface area (Å²) in [5, 5.41) is 19.5. The molecule has 3 amide bonds. The second-order valence-corrected chi connectivity index (χ2v) is 9.68. The third-order valence-corrected chi connectivity index (χ3v) is 6.16. The van der Waals surface area contributed by atoms with Crippen molar-refractivity contribution in [1.29, 1.82) is 0 Å². The van der Waals surface area contributed by atoms with Gasteiger partial charge in [0.15, 0.2) is 0 Å². The highest BCUT2D eigenvalue weighted by Gasteiger charge is 2.22. The highest BCUT2D eigenvalue weighted by atomic mass is 35.5. The van der Waals surface area contributed by atoms with E-state index in [-0.39, 0.29) is 17.9 Å². The predicted molar refractivity (Wildman–Crippen MR) is 162 cm³/mol. The SMILES string of the molecule is CN(C)C(=O)c1cccc(C[C@H](NC(=O)/C=C/c2cc(Cl)ccc2N(N)/C=N\N)C(=O)Nc2ccc(C(=O)O)cc2)c1. The van der Waals surface area contributed by atoms with Gasteiger partial charge in [-0.2, -0.15) is 5.10 Å². The Balaban J connectivity index is 1.87. The van der Waals surface area contributed by atoms with Crippen LogP contribution < -0.4 is 27.3 Å². The molecule has 218 valence electrons. The number of carbonyl (C=O) groups excluding carboxylic acids is 3. The van der Waals surface area contributed by atoms with E-state index >= 15 is 0 Å². The number of hydrazone groups is 1. The molecule has 0 aliphatic heterocycles. The molecule has 3 aromatic carbocycles. The molecule has 1 atom stereocenters. The number of nitrogens with one attached hydrogen (secondary N) is 2. The Labute approximate surface area is 247 Å². The Kier molecular flexibility index (Phi) is 10.8. The van der Waals surface area contributed by atoms with Crippen LogP contribution in [0.5, 0.6) is 0 Å². The predicted octanol–water partition coefficient (Wildman–Crippen LogP) is 2.70. The molecule has 3 aromatic rings. The molecule has 0 radical (unpaired) electrons. The number of aromatic carboxylic acids is 1. The average molecular weight is 592 g/mol. The van der Waals surface area contributed by atoms with Gasteiger partial charge in [-0.3, -0.25) is 19.4 Å². The largest absolute Gasteiger partial charge is 0.478 e. The second-order valence-electron chi connectivity index (χ2n) is 9.25. The van der Waals surface area contributed by atoms with Gasteiger partial charge in [0, 0.05) is 48.4 Å². The van der Waals surface area contributed by atoms with Crippen LogP contribution in [0.15, 0.2) is 77.9 Å². The van der Waals surface area contributed by atoms with Gasteiger partial charge >= 0.3 is 5.97 Å². The average Bonchev–Trinajstić information content (AvgIpc) is 2.95. The molecule has 13 heteroatoms. The number of nitrogens with zero attached hydrogens (tertiary/aromatic N) is 3. The summed E-state index contributed by atoms with van der Waals surface area (Å²) >= 11 is 6.12. The monoisotopic (exact) mass is 591 g/mol. The third-order valence-electron chi connectivity index (χ3n) is 5.93. The Bertz CT molecular complexity index is 1520. The van der Waals surface area contributed by atoms with Gasteiger partial charge in [0.25, 0.3) is 5.91 Å². The smallest absolute Gasteiger partial charge is 0.335 e. The van der Waals surface area contributed by atoms with Crippen molar-refractivity contribution in [3.05, 3.63) is 100 Å². The Morgan fingerprint density at radius 3 is 2.38 bits per heavy atom. The number of carboxylic acid groups (broad SMARTS) is 1. The van der Waals surface area contributed by atoms with E-state index in [2.05, 4.69) is 15.7 Å². The molecule has 0 saturated carbocycles. The van der Waals surface area contributed by atoms with E-state index in [1.54, 1.807) is 56.6 Å². The molecule has 0 aromatic heterocycles. The maximum atomic E-state index is 13.3. The second kappa shape index (κ2) is 14.4. The molecular formula is C29H30ClN7O5. The van der Waals surface area contributed by atoms with E-state index in [0.717, 1.165) is 5.01 Å². The molecule has 42 heavy (non-hydrogen) atoms. The van der Waals surface area contributed by atoms with E-state index in [4.69, 9.17) is 28.4 Å². The summed E-state index contributed by atoms with van der Waals surface area (Å²) in [5.74, 6) is 8.65. The van der Waals surface area contributed by atoms with E-state index in [1.165, 1.54) is 47.7 Å². The number of carbonyl (C=O) groups is 4. The molecule has 0 saturated heterocycles. The van der Waals surface area contributed by atoms with Crippen LogP contribution in [0, 0.1) is 0 Å². The van der Waals surface area contributed by atoms with Gasteiger partial charge < -0.3 is 26.5 Å². The zero-order valence-electron chi connectivity index (χ0n) is 22.8. The topological polar surface area (TPSA) is 183 Å². The fraction of sp³-hybridized carbons (Fsp3) is 0.138. The first-order valence-electron chi connectivity index (χ1n) is 12.5. The van der Waals surface area contributed by atoms with Gasteiger partial charge in [-0.25, -0.2) is 10.6 Å². The van der Waals surface area contributed by atoms with Gasteiger partial charge in [-0.05, 0) is 66.2 Å². The molecule has 0 bridgehead atoms. The summed E-state index contributed by atoms with van der Waals surface area (Å²) in [7, 11) is 3.26. The van der Waals surface area contributed by atoms with Crippen molar-refractivity contribution in [2.45, 2.75) is 12.5 Å². The molecule has 3 rings (SSSR count). The van der Waals surface area contributed by atoms with Gasteiger partial charge in [0.2, 0.25) is 11.8 Å². The van der Waals surface area contributed by atoms with E-state index in [9.17, 15) is 19.2 Å². The third kappa shape index (κ3) is 8.65. The van der Waals surface area contributed by atoms with Crippen molar-refractivity contribution >= 4 is 59.1 Å². The van der Waals surface area contributed by atoms with Gasteiger partial charge in [-0.1, -0.05) is 23.7 Å². The summed E-state index contributed by atoms with van der Waals surface area (Å²) in [6.45, 7) is 0. The number of nitrogens with two attached hydrogens (primary N) is 2. The summed E-state index contributed by atoms with van der Waals surface area (Å²) in [6.07, 6.45) is 3.92. The van der Waals surface area contributed by atoms with Crippen molar-refractivity contribution in [3.8, 4) is 0 Å². The highest BCUT2D eigenvalue weighted by molar-refractivity contribution is 6.30. The van der Waals surface area contributed by atoms with Crippen LogP contribution in [0.3, 0.4) is 0 Å². The molecule has 0 aliphatic rings. The maximum Gasteiger partial charge on any atom is 0.335 e. The van der Waals surface area contributed by atoms with Crippen LogP contribution in [0.2, 0.25) is 5.02 Å². The number of hydrogen-bond donors (Lipinski definition) is 5. The number of benzene rings is 3. The van der Waals surface area contributed by atoms with Crippen LogP contribution in [0.1, 0.15) is 31.8 Å². The number of halogens is 1. The normalized spacial score (nSPS) is 11.7. The Morgan fingerprint density at radius 2 is 1.74 bits per heavy atom. The number of hydrazine groups is 1. The summed E-state index contributed by atoms with van der Waals surface area (Å²) < 4.78 is 0. The molecular weight excluding hydrogens is 562 g/mol. The van der Waals surface area contributed by atoms with Crippen LogP contribution in [0.4, 0.5) is 11.4 Å². The lowest BCUT2D eigenvalue weighted by atomic mass is 10.0. The summed E-state index contributed by atoms with van der Waals surface area (Å²) in [6, 6.07) is 16.1. The summed E-state index contributed by atoms with van der Waals surface area (Å²) in [5.41, 5.74) is 2.39. The zero-order chi connectivity index (χ0) is 30.8. The maximum absolute atomic E-state index is 13.3. The van der Waals surface area contributed by atoms with Crippen molar-refractivity contribution in [3.63, 3.8) is 0 Å². The first-order chi connectivity index (χ1) is 20.0. The quantitative estimate of drug-likeness (QED) is 0.0741. The minimum Gasteiger partial charge on any atom is -0.478 e. The number of rotatable bonds is 11. The van der Waals surface area contributed by atoms with Gasteiger partial charge in [0.1, 0.15) is 12.4 Å². The lowest BCUT2D eigenvalue weighted by Crippen LogP contribution is -2.44. The molecule has 7 N–H and O–H groups in total. The fourth-order valence-corrected chi connectivity index (χ4v) is 4.05. The van der Waals surface area contributed by atoms with Crippen molar-refractivity contribution in [2.24, 2.45) is 16.8 Å². The van der Waals surface area contributed by atoms with Crippen LogP contribution in [-0.2, 0) is 16.0 Å². The van der Waals surface area contributed by atoms with Crippen molar-refractivity contribution < 1.29 is 24.3 Å². The number of anilines is 2. The Hall–Kier alpha value is -5.20. The number of carboxylic acids is 1. The van der Waals surface area contributed by atoms with Crippen LogP contribution in [0.25, 0.3) is 6.08 Å². The standard InChI is InChI=1S/C29H30ClN7O5/c1-36(2)28(40)21-5-3-4-18(14-21)15-24(27(39)34-23-10-6-19(7-11-23)29(41)42)35-26(38)13-8-20-16-22(30)9-12-25(20)37(32)17-33-31/h3-14,16-17,24H,15,31-32H2,1-2H3,(H,34,39)(H,35,38)(H,41,42)/b13-8+,33-17-/t24-/m0/s1. The first-order valence-corrected chi connectivity index (χ1v) is 12.9. The van der Waals surface area contributed by atoms with Crippen LogP contribution in [-0.4, -0.2) is 60.2 Å². The molecule has 0 aliphatic carbocycles. The minimum absolute atomic E-state index is 0.0547. The molecule has 0 heterocycles. The van der Waals surface area contributed by atoms with E-state index in [0.29, 0.717) is 33.1 Å². The summed E-state index contributed by atoms with van der Waals surface area (Å²) in [4.78, 5) is 51.4. The van der Waals surface area contributed by atoms with Crippen LogP contribution >= 0.6 is 11.6 Å². The molecule has 12 nitrogen and oxygen atoms in total. The minimum atomic E-state index is -1.10. The Morgan fingerprint density at radius 1 is 1.02 bits per heavy atom. The highest BCUT2D eigenvalue weighted by Crippen LogP contribution is 2.23. The number of amides is 3. The zero-order valence-corrected chi connectivity index (χ0v) is 23.6. The lowest BCUT2D eigenvalue weighted by Gasteiger charge is -2.19. The number of hydrogen-bond acceptors (Lipinski definition) is 7.